The lowest BCUT2D eigenvalue weighted by atomic mass is 10.1. The maximum absolute atomic E-state index is 12.2. The first-order valence-electron chi connectivity index (χ1n) is 8.88. The molecule has 0 amide bonds. The van der Waals surface area contributed by atoms with Crippen molar-refractivity contribution in [3.05, 3.63) is 86.9 Å². The average molecular weight is 437 g/mol. The molecular weight excluding hydrogens is 420 g/mol. The lowest BCUT2D eigenvalue weighted by molar-refractivity contribution is 0.363. The summed E-state index contributed by atoms with van der Waals surface area (Å²) in [6.07, 6.45) is 0.977. The fraction of sp³-hybridized carbons (Fsp3) is 0.143. The van der Waals surface area contributed by atoms with E-state index in [1.165, 1.54) is 16.3 Å². The number of halogens is 1. The van der Waals surface area contributed by atoms with Gasteiger partial charge >= 0.3 is 0 Å². The van der Waals surface area contributed by atoms with Gasteiger partial charge in [0, 0.05) is 21.7 Å². The highest BCUT2D eigenvalue weighted by Gasteiger charge is 2.12. The van der Waals surface area contributed by atoms with E-state index in [-0.39, 0.29) is 12.1 Å². The lowest BCUT2D eigenvalue weighted by Crippen LogP contribution is -2.23. The van der Waals surface area contributed by atoms with E-state index >= 15 is 0 Å². The van der Waals surface area contributed by atoms with E-state index in [1.807, 2.05) is 36.4 Å². The minimum atomic E-state index is -0.226. The quantitative estimate of drug-likeness (QED) is 0.465. The molecule has 0 N–H and O–H groups in total. The van der Waals surface area contributed by atoms with Crippen LogP contribution >= 0.6 is 15.9 Å². The molecule has 0 radical (unpaired) electrons. The molecule has 4 aromatic rings. The molecule has 7 heteroatoms. The van der Waals surface area contributed by atoms with Crippen molar-refractivity contribution < 1.29 is 4.52 Å². The second-order valence-electron chi connectivity index (χ2n) is 6.29. The molecule has 2 aromatic carbocycles. The average Bonchev–Trinajstić information content (AvgIpc) is 3.18. The third-order valence-electron chi connectivity index (χ3n) is 4.36. The van der Waals surface area contributed by atoms with Gasteiger partial charge < -0.3 is 4.52 Å². The SMILES string of the molecule is CCc1ccc(-c2ccc(=O)n(Cc3nc(-c4cccc(Br)c4)no3)n2)cc1. The minimum Gasteiger partial charge on any atom is -0.337 e. The molecule has 0 saturated carbocycles. The predicted molar refractivity (Wildman–Crippen MR) is 110 cm³/mol. The largest absolute Gasteiger partial charge is 0.337 e. The Labute approximate surface area is 170 Å². The van der Waals surface area contributed by atoms with Gasteiger partial charge in [0.25, 0.3) is 5.56 Å². The molecule has 0 aliphatic rings. The van der Waals surface area contributed by atoms with Crippen molar-refractivity contribution in [1.29, 1.82) is 0 Å². The topological polar surface area (TPSA) is 73.8 Å². The highest BCUT2D eigenvalue weighted by Crippen LogP contribution is 2.21. The van der Waals surface area contributed by atoms with Gasteiger partial charge in [0.1, 0.15) is 6.54 Å². The van der Waals surface area contributed by atoms with Crippen molar-refractivity contribution in [2.45, 2.75) is 19.9 Å². The van der Waals surface area contributed by atoms with Crippen LogP contribution in [0.3, 0.4) is 0 Å². The number of aromatic nitrogens is 4. The van der Waals surface area contributed by atoms with Crippen molar-refractivity contribution in [3.8, 4) is 22.6 Å². The first kappa shape index (κ1) is 18.3. The number of hydrogen-bond donors (Lipinski definition) is 0. The minimum absolute atomic E-state index is 0.112. The van der Waals surface area contributed by atoms with E-state index in [4.69, 9.17) is 4.52 Å². The third kappa shape index (κ3) is 3.94. The van der Waals surface area contributed by atoms with Gasteiger partial charge in [-0.3, -0.25) is 4.79 Å². The normalized spacial score (nSPS) is 10.9. The summed E-state index contributed by atoms with van der Waals surface area (Å²) in [7, 11) is 0. The first-order valence-corrected chi connectivity index (χ1v) is 9.67. The molecule has 0 aliphatic carbocycles. The zero-order valence-corrected chi connectivity index (χ0v) is 16.8. The summed E-state index contributed by atoms with van der Waals surface area (Å²) in [5.74, 6) is 0.790. The van der Waals surface area contributed by atoms with Crippen LogP contribution in [-0.2, 0) is 13.0 Å². The molecule has 140 valence electrons. The van der Waals surface area contributed by atoms with Crippen LogP contribution in [-0.4, -0.2) is 19.9 Å². The van der Waals surface area contributed by atoms with E-state index in [1.54, 1.807) is 6.07 Å². The monoisotopic (exact) mass is 436 g/mol. The van der Waals surface area contributed by atoms with Gasteiger partial charge in [-0.1, -0.05) is 64.4 Å². The first-order chi connectivity index (χ1) is 13.6. The van der Waals surface area contributed by atoms with Crippen LogP contribution in [0.2, 0.25) is 0 Å². The van der Waals surface area contributed by atoms with E-state index in [2.05, 4.69) is 50.2 Å². The Hall–Kier alpha value is -3.06. The Kier molecular flexibility index (Phi) is 5.16. The summed E-state index contributed by atoms with van der Waals surface area (Å²) in [4.78, 5) is 16.6. The van der Waals surface area contributed by atoms with Crippen molar-refractivity contribution in [2.24, 2.45) is 0 Å². The zero-order chi connectivity index (χ0) is 19.5. The molecule has 0 fully saturated rings. The Morgan fingerprint density at radius 3 is 2.61 bits per heavy atom. The van der Waals surface area contributed by atoms with E-state index in [0.717, 1.165) is 22.0 Å². The molecule has 2 heterocycles. The molecule has 4 rings (SSSR count). The van der Waals surface area contributed by atoms with Gasteiger partial charge in [-0.15, -0.1) is 0 Å². The molecule has 6 nitrogen and oxygen atoms in total. The molecule has 2 aromatic heterocycles. The van der Waals surface area contributed by atoms with Gasteiger partial charge in [0.15, 0.2) is 0 Å². The van der Waals surface area contributed by atoms with Gasteiger partial charge in [0.05, 0.1) is 5.69 Å². The maximum Gasteiger partial charge on any atom is 0.267 e. The zero-order valence-electron chi connectivity index (χ0n) is 15.2. The Morgan fingerprint density at radius 2 is 1.86 bits per heavy atom. The molecule has 28 heavy (non-hydrogen) atoms. The second kappa shape index (κ2) is 7.90. The number of rotatable bonds is 5. The Balaban J connectivity index is 1.60. The maximum atomic E-state index is 12.2. The summed E-state index contributed by atoms with van der Waals surface area (Å²) in [6.45, 7) is 2.22. The number of benzene rings is 2. The number of nitrogens with zero attached hydrogens (tertiary/aromatic N) is 4. The molecule has 0 aliphatic heterocycles. The predicted octanol–water partition coefficient (Wildman–Crippen LogP) is 4.33. The van der Waals surface area contributed by atoms with Crippen molar-refractivity contribution >= 4 is 15.9 Å². The summed E-state index contributed by atoms with van der Waals surface area (Å²) >= 11 is 3.43. The van der Waals surface area contributed by atoms with E-state index < -0.39 is 0 Å². The van der Waals surface area contributed by atoms with Crippen LogP contribution < -0.4 is 5.56 Å². The summed E-state index contributed by atoms with van der Waals surface area (Å²) < 4.78 is 7.58. The highest BCUT2D eigenvalue weighted by molar-refractivity contribution is 9.10. The van der Waals surface area contributed by atoms with Crippen LogP contribution in [0, 0.1) is 0 Å². The molecule has 0 atom stereocenters. The molecule has 0 saturated heterocycles. The summed E-state index contributed by atoms with van der Waals surface area (Å²) in [5.41, 5.74) is 3.52. The molecular formula is C21H17BrN4O2. The Morgan fingerprint density at radius 1 is 1.04 bits per heavy atom. The van der Waals surface area contributed by atoms with Crippen molar-refractivity contribution in [2.75, 3.05) is 0 Å². The van der Waals surface area contributed by atoms with Gasteiger partial charge in [0.2, 0.25) is 11.7 Å². The van der Waals surface area contributed by atoms with Crippen LogP contribution in [0.5, 0.6) is 0 Å². The molecule has 0 spiro atoms. The second-order valence-corrected chi connectivity index (χ2v) is 7.20. The number of hydrogen-bond acceptors (Lipinski definition) is 5. The summed E-state index contributed by atoms with van der Waals surface area (Å²) in [5, 5.41) is 8.46. The van der Waals surface area contributed by atoms with E-state index in [9.17, 15) is 4.79 Å². The van der Waals surface area contributed by atoms with Gasteiger partial charge in [-0.25, -0.2) is 4.68 Å². The number of aryl methyl sites for hydroxylation is 1. The van der Waals surface area contributed by atoms with Crippen LogP contribution in [0.1, 0.15) is 18.4 Å². The summed E-state index contributed by atoms with van der Waals surface area (Å²) in [6, 6.07) is 19.0. The molecule has 0 unspecified atom stereocenters. The van der Waals surface area contributed by atoms with Crippen molar-refractivity contribution in [1.82, 2.24) is 19.9 Å². The van der Waals surface area contributed by atoms with Gasteiger partial charge in [-0.05, 0) is 30.2 Å². The third-order valence-corrected chi connectivity index (χ3v) is 4.85. The van der Waals surface area contributed by atoms with Crippen LogP contribution in [0.15, 0.2) is 74.5 Å². The molecule has 0 bridgehead atoms. The van der Waals surface area contributed by atoms with Crippen molar-refractivity contribution in [3.63, 3.8) is 0 Å². The smallest absolute Gasteiger partial charge is 0.267 e. The highest BCUT2D eigenvalue weighted by atomic mass is 79.9. The van der Waals surface area contributed by atoms with Crippen LogP contribution in [0.25, 0.3) is 22.6 Å². The standard InChI is InChI=1S/C21H17BrN4O2/c1-2-14-6-8-15(9-7-14)18-10-11-20(27)26(24-18)13-19-23-21(25-28-19)16-4-3-5-17(22)12-16/h3-12H,2,13H2,1H3. The van der Waals surface area contributed by atoms with Gasteiger partial charge in [-0.2, -0.15) is 10.1 Å². The Bertz CT molecular complexity index is 1170. The lowest BCUT2D eigenvalue weighted by Gasteiger charge is -2.06. The van der Waals surface area contributed by atoms with Crippen LogP contribution in [0.4, 0.5) is 0 Å². The fourth-order valence-electron chi connectivity index (χ4n) is 2.82. The fourth-order valence-corrected chi connectivity index (χ4v) is 3.22. The van der Waals surface area contributed by atoms with E-state index in [0.29, 0.717) is 17.4 Å².